The third-order valence-electron chi connectivity index (χ3n) is 5.29. The molecule has 26 heavy (non-hydrogen) atoms. The summed E-state index contributed by atoms with van der Waals surface area (Å²) in [6.07, 6.45) is 4.95. The summed E-state index contributed by atoms with van der Waals surface area (Å²) in [5, 5.41) is 0. The van der Waals surface area contributed by atoms with E-state index in [4.69, 9.17) is 10.2 Å². The molecule has 2 fully saturated rings. The Labute approximate surface area is 165 Å². The number of anilines is 1. The van der Waals surface area contributed by atoms with Gasteiger partial charge >= 0.3 is 0 Å². The zero-order chi connectivity index (χ0) is 16.6. The van der Waals surface area contributed by atoms with E-state index in [1.54, 1.807) is 0 Å². The fourth-order valence-electron chi connectivity index (χ4n) is 3.81. The van der Waals surface area contributed by atoms with Gasteiger partial charge in [-0.2, -0.15) is 4.98 Å². The van der Waals surface area contributed by atoms with Crippen LogP contribution in [0.1, 0.15) is 32.1 Å². The topological polar surface area (TPSA) is 75.6 Å². The van der Waals surface area contributed by atoms with Crippen molar-refractivity contribution >= 4 is 47.8 Å². The summed E-state index contributed by atoms with van der Waals surface area (Å²) < 4.78 is 5.83. The van der Waals surface area contributed by atoms with Crippen molar-refractivity contribution in [2.45, 2.75) is 37.6 Å². The van der Waals surface area contributed by atoms with Crippen LogP contribution in [0.5, 0.6) is 0 Å². The number of carbonyl (C=O) groups excluding carboxylic acids is 1. The van der Waals surface area contributed by atoms with Crippen LogP contribution in [-0.4, -0.2) is 47.5 Å². The fourth-order valence-corrected chi connectivity index (χ4v) is 3.81. The van der Waals surface area contributed by atoms with Gasteiger partial charge in [-0.25, -0.2) is 0 Å². The average molecular weight is 401 g/mol. The first-order valence-electron chi connectivity index (χ1n) is 8.84. The molecule has 0 spiro atoms. The molecule has 0 bridgehead atoms. The smallest absolute Gasteiger partial charge is 0.298 e. The van der Waals surface area contributed by atoms with Crippen LogP contribution in [0, 0.1) is 0 Å². The summed E-state index contributed by atoms with van der Waals surface area (Å²) in [6, 6.07) is 8.41. The Bertz CT molecular complexity index is 705. The van der Waals surface area contributed by atoms with E-state index in [1.165, 1.54) is 6.42 Å². The van der Waals surface area contributed by atoms with Crippen molar-refractivity contribution in [2.75, 3.05) is 31.1 Å². The summed E-state index contributed by atoms with van der Waals surface area (Å²) in [6.45, 7) is 2.82. The molecule has 1 aliphatic heterocycles. The third-order valence-corrected chi connectivity index (χ3v) is 5.29. The number of benzene rings is 1. The lowest BCUT2D eigenvalue weighted by molar-refractivity contribution is -0.138. The fraction of sp³-hybridized carbons (Fsp3) is 0.556. The number of carbonyl (C=O) groups is 1. The first kappa shape index (κ1) is 20.8. The molecular weight excluding hydrogens is 375 g/mol. The number of hydrogen-bond acceptors (Lipinski definition) is 5. The lowest BCUT2D eigenvalue weighted by Gasteiger charge is -2.40. The normalized spacial score (nSPS) is 19.6. The molecular formula is C18H26Cl2N4O2. The van der Waals surface area contributed by atoms with Gasteiger partial charge in [0.15, 0.2) is 5.58 Å². The van der Waals surface area contributed by atoms with E-state index in [9.17, 15) is 4.79 Å². The number of rotatable bonds is 2. The minimum atomic E-state index is -0.641. The molecule has 1 saturated heterocycles. The summed E-state index contributed by atoms with van der Waals surface area (Å²) in [4.78, 5) is 21.4. The highest BCUT2D eigenvalue weighted by Crippen LogP contribution is 2.29. The van der Waals surface area contributed by atoms with Crippen molar-refractivity contribution in [3.05, 3.63) is 24.3 Å². The van der Waals surface area contributed by atoms with Crippen molar-refractivity contribution in [3.63, 3.8) is 0 Å². The van der Waals surface area contributed by atoms with Gasteiger partial charge < -0.3 is 20.0 Å². The predicted molar refractivity (Wildman–Crippen MR) is 107 cm³/mol. The van der Waals surface area contributed by atoms with Crippen LogP contribution in [0.2, 0.25) is 0 Å². The van der Waals surface area contributed by atoms with Crippen molar-refractivity contribution < 1.29 is 9.21 Å². The van der Waals surface area contributed by atoms with E-state index in [1.807, 2.05) is 29.2 Å². The lowest BCUT2D eigenvalue weighted by atomic mass is 9.81. The highest BCUT2D eigenvalue weighted by molar-refractivity contribution is 5.86. The van der Waals surface area contributed by atoms with Gasteiger partial charge in [-0.1, -0.05) is 31.4 Å². The van der Waals surface area contributed by atoms with Crippen molar-refractivity contribution in [1.29, 1.82) is 0 Å². The molecule has 4 rings (SSSR count). The highest BCUT2D eigenvalue weighted by atomic mass is 35.5. The molecule has 1 aromatic heterocycles. The Morgan fingerprint density at radius 1 is 1.04 bits per heavy atom. The molecule has 0 atom stereocenters. The number of hydrogen-bond donors (Lipinski definition) is 1. The Morgan fingerprint density at radius 2 is 1.69 bits per heavy atom. The zero-order valence-corrected chi connectivity index (χ0v) is 16.4. The van der Waals surface area contributed by atoms with Gasteiger partial charge in [-0.05, 0) is 25.0 Å². The summed E-state index contributed by atoms with van der Waals surface area (Å²) in [7, 11) is 0. The Kier molecular flexibility index (Phi) is 6.77. The monoisotopic (exact) mass is 400 g/mol. The van der Waals surface area contributed by atoms with Crippen LogP contribution >= 0.6 is 24.8 Å². The summed E-state index contributed by atoms with van der Waals surface area (Å²) in [5.74, 6) is 0.124. The number of fused-ring (bicyclic) bond motifs is 1. The maximum Gasteiger partial charge on any atom is 0.298 e. The largest absolute Gasteiger partial charge is 0.423 e. The second kappa shape index (κ2) is 8.46. The van der Waals surface area contributed by atoms with E-state index in [0.29, 0.717) is 19.1 Å². The quantitative estimate of drug-likeness (QED) is 0.838. The zero-order valence-electron chi connectivity index (χ0n) is 14.7. The predicted octanol–water partition coefficient (Wildman–Crippen LogP) is 2.98. The van der Waals surface area contributed by atoms with E-state index in [2.05, 4.69) is 9.88 Å². The molecule has 1 aromatic carbocycles. The minimum Gasteiger partial charge on any atom is -0.423 e. The van der Waals surface area contributed by atoms with Crippen molar-refractivity contribution in [1.82, 2.24) is 9.88 Å². The van der Waals surface area contributed by atoms with E-state index < -0.39 is 5.54 Å². The number of nitrogens with two attached hydrogens (primary N) is 1. The maximum absolute atomic E-state index is 12.8. The van der Waals surface area contributed by atoms with Crippen LogP contribution in [-0.2, 0) is 4.79 Å². The van der Waals surface area contributed by atoms with E-state index >= 15 is 0 Å². The lowest BCUT2D eigenvalue weighted by Crippen LogP contribution is -2.60. The summed E-state index contributed by atoms with van der Waals surface area (Å²) in [5.41, 5.74) is 7.42. The van der Waals surface area contributed by atoms with Gasteiger partial charge in [0.05, 0.1) is 5.54 Å². The minimum absolute atomic E-state index is 0. The number of oxazole rings is 1. The molecule has 6 nitrogen and oxygen atoms in total. The first-order valence-corrected chi connectivity index (χ1v) is 8.84. The molecule has 2 N–H and O–H groups in total. The molecule has 2 heterocycles. The highest BCUT2D eigenvalue weighted by Gasteiger charge is 2.39. The molecule has 1 saturated carbocycles. The van der Waals surface area contributed by atoms with E-state index in [0.717, 1.165) is 49.9 Å². The van der Waals surface area contributed by atoms with Crippen molar-refractivity contribution in [2.24, 2.45) is 5.73 Å². The second-order valence-corrected chi connectivity index (χ2v) is 6.96. The van der Waals surface area contributed by atoms with Crippen LogP contribution in [0.25, 0.3) is 11.1 Å². The van der Waals surface area contributed by atoms with Crippen LogP contribution < -0.4 is 10.6 Å². The third kappa shape index (κ3) is 3.92. The number of halogens is 2. The standard InChI is InChI=1S/C18H24N4O2.2ClH/c19-18(8-4-1-5-9-18)16(23)21-10-12-22(13-11-21)17-20-14-6-2-3-7-15(14)24-17;;/h2-3,6-7H,1,4-5,8-13,19H2;2*1H. The number of amides is 1. The van der Waals surface area contributed by atoms with Crippen LogP contribution in [0.3, 0.4) is 0 Å². The molecule has 2 aromatic rings. The molecule has 1 aliphatic carbocycles. The number of aromatic nitrogens is 1. The average Bonchev–Trinajstić information content (AvgIpc) is 3.06. The summed E-state index contributed by atoms with van der Waals surface area (Å²) >= 11 is 0. The molecule has 0 radical (unpaired) electrons. The van der Waals surface area contributed by atoms with Crippen molar-refractivity contribution in [3.8, 4) is 0 Å². The second-order valence-electron chi connectivity index (χ2n) is 6.96. The number of nitrogens with zero attached hydrogens (tertiary/aromatic N) is 3. The van der Waals surface area contributed by atoms with Gasteiger partial charge in [0.2, 0.25) is 5.91 Å². The molecule has 144 valence electrons. The van der Waals surface area contributed by atoms with E-state index in [-0.39, 0.29) is 30.7 Å². The SMILES string of the molecule is Cl.Cl.NC1(C(=O)N2CCN(c3nc4ccccc4o3)CC2)CCCCC1. The van der Waals surface area contributed by atoms with Gasteiger partial charge in [0, 0.05) is 26.2 Å². The Morgan fingerprint density at radius 3 is 2.35 bits per heavy atom. The molecule has 1 amide bonds. The van der Waals surface area contributed by atoms with Gasteiger partial charge in [0.25, 0.3) is 6.01 Å². The van der Waals surface area contributed by atoms with Gasteiger partial charge in [-0.15, -0.1) is 24.8 Å². The number of para-hydroxylation sites is 2. The Hall–Kier alpha value is -1.50. The van der Waals surface area contributed by atoms with Crippen LogP contribution in [0.15, 0.2) is 28.7 Å². The first-order chi connectivity index (χ1) is 11.7. The van der Waals surface area contributed by atoms with Gasteiger partial charge in [-0.3, -0.25) is 4.79 Å². The maximum atomic E-state index is 12.8. The Balaban J connectivity index is 0.00000121. The molecule has 8 heteroatoms. The molecule has 2 aliphatic rings. The van der Waals surface area contributed by atoms with Gasteiger partial charge in [0.1, 0.15) is 5.52 Å². The van der Waals surface area contributed by atoms with Crippen LogP contribution in [0.4, 0.5) is 6.01 Å². The number of piperazine rings is 1. The molecule has 0 unspecified atom stereocenters.